The van der Waals surface area contributed by atoms with Gasteiger partial charge in [0.2, 0.25) is 11.8 Å². The van der Waals surface area contributed by atoms with Gasteiger partial charge in [-0.15, -0.1) is 0 Å². The number of allylic oxidation sites excluding steroid dienone is 6. The summed E-state index contributed by atoms with van der Waals surface area (Å²) in [6.45, 7) is 7.44. The molecule has 1 aliphatic carbocycles. The molecule has 1 saturated heterocycles. The summed E-state index contributed by atoms with van der Waals surface area (Å²) in [6, 6.07) is 8.23. The molecule has 11 N–H and O–H groups in total. The quantitative estimate of drug-likeness (QED) is 0.00576. The molecule has 40 heteroatoms. The lowest BCUT2D eigenvalue weighted by Gasteiger charge is -2.48. The van der Waals surface area contributed by atoms with Crippen LogP contribution in [0.3, 0.4) is 0 Å². The van der Waals surface area contributed by atoms with Crippen molar-refractivity contribution < 1.29 is 93.8 Å². The number of fused-ring (bicyclic) bond motifs is 2. The molecule has 101 heavy (non-hydrogen) atoms. The van der Waals surface area contributed by atoms with Crippen molar-refractivity contribution in [3.63, 3.8) is 0 Å². The number of nitrogens with zero attached hydrogens (tertiary/aromatic N) is 9. The van der Waals surface area contributed by atoms with Gasteiger partial charge in [0.25, 0.3) is 17.7 Å². The second kappa shape index (κ2) is 34.4. The molecule has 7 unspecified atom stereocenters. The SMILES string of the molecule is CC1(C)CCN2CCC(C)(C)c3c2c1cc1cc(C(=O)NC(CNC(=O)C2=C/C=C\C=C/C=C2)C(=O)NCCCCCNC(=O)c2cccc(OCC(N=[N+]=[N-])OCC(=O)NCC#Cc4cn(C5CC(OCN=[N+]=[N-])C(COP(=O)(O)OP(=O)(O)OP(=O)(O)O)O5)c(=O)nc4N)c2)c(=O)oc31. The molecule has 5 amide bonds. The van der Waals surface area contributed by atoms with E-state index in [1.54, 1.807) is 48.6 Å². The number of carbonyl (C=O) groups is 5. The van der Waals surface area contributed by atoms with Crippen LogP contribution in [-0.2, 0) is 66.3 Å². The average Bonchev–Trinajstić information content (AvgIpc) is 0.912. The molecule has 0 radical (unpaired) electrons. The third-order valence-electron chi connectivity index (χ3n) is 16.1. The Labute approximate surface area is 575 Å². The highest BCUT2D eigenvalue weighted by molar-refractivity contribution is 7.66. The maximum atomic E-state index is 14.1. The number of phosphoric acid groups is 3. The van der Waals surface area contributed by atoms with Gasteiger partial charge in [-0.25, -0.2) is 23.3 Å². The number of azide groups is 2. The molecule has 3 aliphatic heterocycles. The van der Waals surface area contributed by atoms with Crippen LogP contribution in [0.4, 0.5) is 11.5 Å². The number of rotatable bonds is 32. The molecule has 4 aliphatic rings. The van der Waals surface area contributed by atoms with E-state index in [2.05, 4.69) is 109 Å². The highest BCUT2D eigenvalue weighted by Gasteiger charge is 2.45. The summed E-state index contributed by atoms with van der Waals surface area (Å²) in [4.78, 5) is 142. The molecule has 7 atom stereocenters. The number of benzene rings is 2. The summed E-state index contributed by atoms with van der Waals surface area (Å²) in [5, 5.41) is 20.8. The van der Waals surface area contributed by atoms with Gasteiger partial charge in [0, 0.05) is 82.9 Å². The average molecular weight is 1460 g/mol. The first-order chi connectivity index (χ1) is 47.9. The van der Waals surface area contributed by atoms with Crippen molar-refractivity contribution in [3.8, 4) is 17.6 Å². The van der Waals surface area contributed by atoms with E-state index >= 15 is 0 Å². The Hall–Kier alpha value is -9.29. The lowest BCUT2D eigenvalue weighted by molar-refractivity contribution is -0.128. The van der Waals surface area contributed by atoms with E-state index in [1.165, 1.54) is 24.3 Å². The molecule has 8 rings (SSSR count). The normalized spacial score (nSPS) is 19.5. The van der Waals surface area contributed by atoms with Crippen LogP contribution in [0.15, 0.2) is 115 Å². The van der Waals surface area contributed by atoms with Crippen molar-refractivity contribution in [2.24, 2.45) is 10.2 Å². The van der Waals surface area contributed by atoms with Crippen LogP contribution in [0, 0.1) is 11.8 Å². The number of nitrogens with one attached hydrogen (secondary N) is 5. The van der Waals surface area contributed by atoms with Crippen LogP contribution >= 0.6 is 23.5 Å². The van der Waals surface area contributed by atoms with Gasteiger partial charge in [-0.05, 0) is 102 Å². The van der Waals surface area contributed by atoms with Gasteiger partial charge in [-0.1, -0.05) is 86.2 Å². The highest BCUT2D eigenvalue weighted by atomic mass is 31.3. The Morgan fingerprint density at radius 3 is 2.35 bits per heavy atom. The van der Waals surface area contributed by atoms with Crippen LogP contribution in [0.2, 0.25) is 0 Å². The summed E-state index contributed by atoms with van der Waals surface area (Å²) >= 11 is 0. The van der Waals surface area contributed by atoms with Gasteiger partial charge in [0.05, 0.1) is 24.8 Å². The van der Waals surface area contributed by atoms with E-state index in [-0.39, 0.29) is 71.7 Å². The van der Waals surface area contributed by atoms with Crippen LogP contribution < -0.4 is 53.3 Å². The fourth-order valence-corrected chi connectivity index (χ4v) is 14.0. The number of nitrogen functional groups attached to an aromatic ring is 1. The Balaban J connectivity index is 0.784. The van der Waals surface area contributed by atoms with Gasteiger partial charge in [0.1, 0.15) is 61.0 Å². The maximum Gasteiger partial charge on any atom is 0.490 e. The number of anilines is 2. The number of ether oxygens (including phenoxy) is 4. The van der Waals surface area contributed by atoms with E-state index in [1.807, 2.05) is 6.07 Å². The first-order valence-electron chi connectivity index (χ1n) is 31.2. The fourth-order valence-electron chi connectivity index (χ4n) is 11.0. The topological polar surface area (TPSA) is 534 Å². The summed E-state index contributed by atoms with van der Waals surface area (Å²) in [6.07, 6.45) is 10.7. The van der Waals surface area contributed by atoms with Crippen LogP contribution in [-0.4, -0.2) is 149 Å². The lowest BCUT2D eigenvalue weighted by atomic mass is 9.69. The molecule has 0 spiro atoms. The zero-order valence-corrected chi connectivity index (χ0v) is 57.5. The van der Waals surface area contributed by atoms with E-state index < -0.39 is 122 Å². The second-order valence-electron chi connectivity index (χ2n) is 24.3. The number of aromatic nitrogens is 2. The number of amides is 5. The van der Waals surface area contributed by atoms with E-state index in [9.17, 15) is 62.6 Å². The van der Waals surface area contributed by atoms with Crippen molar-refractivity contribution in [2.45, 2.75) is 108 Å². The molecular weight excluding hydrogens is 1390 g/mol. The van der Waals surface area contributed by atoms with Gasteiger partial charge >= 0.3 is 34.8 Å². The van der Waals surface area contributed by atoms with Crippen LogP contribution in [0.1, 0.15) is 110 Å². The molecule has 2 aromatic carbocycles. The number of hydrogen-bond donors (Lipinski definition) is 10. The summed E-state index contributed by atoms with van der Waals surface area (Å²) < 4.78 is 76.5. The first-order valence-corrected chi connectivity index (χ1v) is 35.7. The van der Waals surface area contributed by atoms with Crippen molar-refractivity contribution >= 4 is 75.5 Å². The minimum Gasteiger partial charge on any atom is -0.491 e. The monoisotopic (exact) mass is 1460 g/mol. The molecule has 2 aromatic heterocycles. The molecule has 0 saturated carbocycles. The van der Waals surface area contributed by atoms with Gasteiger partial charge in [-0.2, -0.15) is 13.6 Å². The van der Waals surface area contributed by atoms with Crippen LogP contribution in [0.5, 0.6) is 5.75 Å². The number of phosphoric ester groups is 1. The summed E-state index contributed by atoms with van der Waals surface area (Å²) in [5.74, 6) is 1.90. The molecule has 4 aromatic rings. The smallest absolute Gasteiger partial charge is 0.490 e. The molecule has 37 nitrogen and oxygen atoms in total. The van der Waals surface area contributed by atoms with E-state index in [4.69, 9.17) is 44.4 Å². The number of nitrogens with two attached hydrogens (primary N) is 1. The fraction of sp³-hybridized carbons (Fsp3) is 0.443. The predicted molar refractivity (Wildman–Crippen MR) is 360 cm³/mol. The zero-order chi connectivity index (χ0) is 73.3. The van der Waals surface area contributed by atoms with Crippen molar-refractivity contribution in [3.05, 3.63) is 160 Å². The standard InChI is InChI=1S/C61H74N15O22P3/c1-60(2)20-25-75-26-21-61(3,4)50-51(75)43(60)29-40-28-42(58(82)96-52(40)50)56(80)70-44(31-68-54(78)37-15-9-6-5-7-10-16-37)57(81)67-23-12-8-11-22-66-55(79)38-17-13-19-41(27-38)91-35-48(72-74-64)92-34-47(77)65-24-14-18-39-32-76(59(83)71-53(39)62)49-30-45(93-36-69-73-63)46(95-49)33-94-100(87,88)98-101(89,90)97-99(84,85)86/h5-7,9-10,13,15-17,19,27-29,32,44-46,48-49H,8,11-12,20-26,30-31,33-36H2,1-4H3,(H,65,77)(H,66,79)(H,67,81)(H,68,78)(H,70,80)(H,87,88)(H,89,90)(H2,62,71,83)(H2,84,85,86)/b6-5-,7-5?,9-6?,10-7-,15-9?,16-10?,37-15?,37-16?. The highest BCUT2D eigenvalue weighted by Crippen LogP contribution is 2.66. The largest absolute Gasteiger partial charge is 0.491 e. The Bertz CT molecular complexity index is 4390. The lowest BCUT2D eigenvalue weighted by Crippen LogP contribution is -2.53. The molecule has 540 valence electrons. The second-order valence-corrected chi connectivity index (χ2v) is 28.7. The third kappa shape index (κ3) is 21.9. The van der Waals surface area contributed by atoms with Gasteiger partial charge in [-0.3, -0.25) is 33.1 Å². The van der Waals surface area contributed by atoms with Gasteiger partial charge in [0.15, 0.2) is 6.23 Å². The zero-order valence-electron chi connectivity index (χ0n) is 54.9. The number of unbranched alkanes of at least 4 members (excludes halogenated alkanes) is 2. The predicted octanol–water partition coefficient (Wildman–Crippen LogP) is 5.12. The van der Waals surface area contributed by atoms with Crippen molar-refractivity contribution in [1.82, 2.24) is 36.1 Å². The van der Waals surface area contributed by atoms with Gasteiger partial charge < -0.3 is 80.2 Å². The molecule has 5 heterocycles. The van der Waals surface area contributed by atoms with Crippen LogP contribution in [0.25, 0.3) is 31.9 Å². The number of hydrogen-bond acceptors (Lipinski definition) is 23. The first kappa shape index (κ1) is 77.4. The Kier molecular flexibility index (Phi) is 26.4. The number of carbonyl (C=O) groups excluding carboxylic acids is 5. The van der Waals surface area contributed by atoms with Crippen molar-refractivity contribution in [1.29, 1.82) is 0 Å². The Morgan fingerprint density at radius 2 is 1.60 bits per heavy atom. The third-order valence-corrected chi connectivity index (χ3v) is 19.9. The minimum absolute atomic E-state index is 0.0603. The maximum absolute atomic E-state index is 14.1. The molecular formula is C61H74N15O22P3. The minimum atomic E-state index is -5.87. The van der Waals surface area contributed by atoms with E-state index in [0.29, 0.717) is 35.8 Å². The molecule has 0 bridgehead atoms. The van der Waals surface area contributed by atoms with Crippen molar-refractivity contribution in [2.75, 3.05) is 76.5 Å². The summed E-state index contributed by atoms with van der Waals surface area (Å²) in [5.41, 5.74) is 25.1. The Morgan fingerprint density at radius 1 is 0.871 bits per heavy atom. The van der Waals surface area contributed by atoms with E-state index in [0.717, 1.165) is 53.5 Å². The summed E-state index contributed by atoms with van der Waals surface area (Å²) in [7, 11) is -17.2. The molecule has 1 fully saturated rings.